The number of nitrogens with one attached hydrogen (secondary N) is 1. The molecule has 2 heterocycles. The molecule has 0 aliphatic carbocycles. The Morgan fingerprint density at radius 3 is 2.85 bits per heavy atom. The number of nitrogens with zero attached hydrogens (tertiary/aromatic N) is 3. The normalized spacial score (nSPS) is 13.8. The van der Waals surface area contributed by atoms with Crippen LogP contribution >= 0.6 is 0 Å². The molecule has 1 atom stereocenters. The maximum atomic E-state index is 12.9. The zero-order chi connectivity index (χ0) is 14.9. The topological polar surface area (TPSA) is 119 Å². The van der Waals surface area contributed by atoms with Crippen molar-refractivity contribution in [3.05, 3.63) is 16.7 Å². The van der Waals surface area contributed by atoms with Crippen molar-refractivity contribution in [3.8, 4) is 0 Å². The van der Waals surface area contributed by atoms with E-state index < -0.39 is 31.2 Å². The van der Waals surface area contributed by atoms with Crippen LogP contribution in [0.1, 0.15) is 6.23 Å². The predicted octanol–water partition coefficient (Wildman–Crippen LogP) is -0.228. The number of halogens is 3. The Hall–Kier alpha value is -2.14. The number of alkyl halides is 3. The summed E-state index contributed by atoms with van der Waals surface area (Å²) < 4.78 is 43.9. The number of fused-ring (bicyclic) bond motifs is 1. The van der Waals surface area contributed by atoms with Gasteiger partial charge in [0.25, 0.3) is 5.56 Å². The number of aromatic amines is 1. The van der Waals surface area contributed by atoms with E-state index in [0.717, 1.165) is 6.33 Å². The van der Waals surface area contributed by atoms with Crippen LogP contribution in [0.15, 0.2) is 11.1 Å². The number of H-pyrrole nitrogens is 1. The van der Waals surface area contributed by atoms with Crippen LogP contribution in [0.2, 0.25) is 0 Å². The lowest BCUT2D eigenvalue weighted by atomic mass is 10.5. The first-order chi connectivity index (χ1) is 9.34. The number of nitrogens with two attached hydrogens (primary N) is 1. The minimum atomic E-state index is -4.78. The van der Waals surface area contributed by atoms with E-state index in [1.54, 1.807) is 0 Å². The van der Waals surface area contributed by atoms with Crippen LogP contribution < -0.4 is 11.3 Å². The fourth-order valence-electron chi connectivity index (χ4n) is 1.61. The van der Waals surface area contributed by atoms with Crippen molar-refractivity contribution in [2.75, 3.05) is 18.9 Å². The molecule has 110 valence electrons. The number of hydrogen-bond donors (Lipinski definition) is 3. The van der Waals surface area contributed by atoms with Gasteiger partial charge in [0.05, 0.1) is 19.5 Å². The van der Waals surface area contributed by atoms with Gasteiger partial charge in [-0.2, -0.15) is 18.2 Å². The summed E-state index contributed by atoms with van der Waals surface area (Å²) in [4.78, 5) is 20.8. The molecule has 0 radical (unpaired) electrons. The summed E-state index contributed by atoms with van der Waals surface area (Å²) in [6.45, 7) is -1.13. The van der Waals surface area contributed by atoms with E-state index in [2.05, 4.69) is 19.7 Å². The lowest BCUT2D eigenvalue weighted by molar-refractivity contribution is -0.250. The second-order valence-electron chi connectivity index (χ2n) is 3.76. The van der Waals surface area contributed by atoms with Gasteiger partial charge in [-0.25, -0.2) is 4.98 Å². The highest BCUT2D eigenvalue weighted by Gasteiger charge is 2.43. The van der Waals surface area contributed by atoms with Crippen LogP contribution in [0.5, 0.6) is 0 Å². The van der Waals surface area contributed by atoms with E-state index in [9.17, 15) is 18.0 Å². The van der Waals surface area contributed by atoms with E-state index >= 15 is 0 Å². The Balaban J connectivity index is 2.56. The highest BCUT2D eigenvalue weighted by Crippen LogP contribution is 2.32. The molecular formula is C9H10F3N5O3. The molecule has 2 rings (SSSR count). The smallest absolute Gasteiger partial charge is 0.394 e. The molecule has 8 nitrogen and oxygen atoms in total. The van der Waals surface area contributed by atoms with Crippen LogP contribution in [0.4, 0.5) is 19.1 Å². The average Bonchev–Trinajstić information content (AvgIpc) is 2.72. The molecule has 4 N–H and O–H groups in total. The van der Waals surface area contributed by atoms with E-state index in [-0.39, 0.29) is 17.1 Å². The second kappa shape index (κ2) is 5.09. The quantitative estimate of drug-likeness (QED) is 0.716. The number of nitrogen functional groups attached to an aromatic ring is 1. The van der Waals surface area contributed by atoms with Crippen LogP contribution in [-0.4, -0.2) is 44.0 Å². The monoisotopic (exact) mass is 293 g/mol. The number of anilines is 1. The summed E-state index contributed by atoms with van der Waals surface area (Å²) in [5.74, 6) is -0.340. The molecule has 2 aromatic rings. The summed E-state index contributed by atoms with van der Waals surface area (Å²) in [6, 6.07) is 0. The third kappa shape index (κ3) is 2.58. The zero-order valence-corrected chi connectivity index (χ0v) is 9.89. The van der Waals surface area contributed by atoms with Gasteiger partial charge in [0, 0.05) is 0 Å². The first-order valence-corrected chi connectivity index (χ1v) is 5.36. The van der Waals surface area contributed by atoms with Crippen molar-refractivity contribution >= 4 is 17.1 Å². The standard InChI is InChI=1S/C9H10F3N5O3/c10-9(11,12)7(20-2-1-18)17-3-14-4-5(17)15-8(13)16-6(4)19/h3,7,18H,1-2H2,(H3,13,15,16,19). The molecule has 0 amide bonds. The number of aliphatic hydroxyl groups excluding tert-OH is 1. The number of aliphatic hydroxyl groups is 1. The molecule has 11 heteroatoms. The lowest BCUT2D eigenvalue weighted by Crippen LogP contribution is -2.30. The molecule has 0 aliphatic rings. The summed E-state index contributed by atoms with van der Waals surface area (Å²) in [5.41, 5.74) is 3.89. The highest BCUT2D eigenvalue weighted by atomic mass is 19.4. The Bertz CT molecular complexity index is 665. The van der Waals surface area contributed by atoms with Crippen molar-refractivity contribution in [1.82, 2.24) is 19.5 Å². The van der Waals surface area contributed by atoms with Crippen molar-refractivity contribution < 1.29 is 23.0 Å². The van der Waals surface area contributed by atoms with Crippen molar-refractivity contribution in [3.63, 3.8) is 0 Å². The van der Waals surface area contributed by atoms with Crippen molar-refractivity contribution in [2.45, 2.75) is 12.4 Å². The van der Waals surface area contributed by atoms with Crippen LogP contribution in [0.3, 0.4) is 0 Å². The van der Waals surface area contributed by atoms with Gasteiger partial charge < -0.3 is 15.6 Å². The molecule has 1 unspecified atom stereocenters. The van der Waals surface area contributed by atoms with E-state index in [4.69, 9.17) is 10.8 Å². The summed E-state index contributed by atoms with van der Waals surface area (Å²) in [6.07, 6.45) is -6.42. The van der Waals surface area contributed by atoms with Gasteiger partial charge in [0.1, 0.15) is 0 Å². The van der Waals surface area contributed by atoms with Gasteiger partial charge >= 0.3 is 6.18 Å². The third-order valence-electron chi connectivity index (χ3n) is 2.35. The fourth-order valence-corrected chi connectivity index (χ4v) is 1.61. The highest BCUT2D eigenvalue weighted by molar-refractivity contribution is 5.70. The van der Waals surface area contributed by atoms with Gasteiger partial charge in [-0.3, -0.25) is 14.3 Å². The molecule has 0 aromatic carbocycles. The minimum absolute atomic E-state index is 0.291. The first-order valence-electron chi connectivity index (χ1n) is 5.36. The van der Waals surface area contributed by atoms with E-state index in [1.807, 2.05) is 0 Å². The maximum absolute atomic E-state index is 12.9. The SMILES string of the molecule is Nc1nc2c(ncn2C(OCCO)C(F)(F)F)c(=O)[nH]1. The Morgan fingerprint density at radius 1 is 1.55 bits per heavy atom. The van der Waals surface area contributed by atoms with Crippen LogP contribution in [0.25, 0.3) is 11.2 Å². The Kier molecular flexibility index (Phi) is 3.63. The second-order valence-corrected chi connectivity index (χ2v) is 3.76. The summed E-state index contributed by atoms with van der Waals surface area (Å²) in [5, 5.41) is 8.57. The number of hydrogen-bond acceptors (Lipinski definition) is 6. The largest absolute Gasteiger partial charge is 0.434 e. The average molecular weight is 293 g/mol. The third-order valence-corrected chi connectivity index (χ3v) is 2.35. The fraction of sp³-hybridized carbons (Fsp3) is 0.444. The number of rotatable bonds is 4. The molecule has 0 fully saturated rings. The molecule has 0 saturated heterocycles. The van der Waals surface area contributed by atoms with Crippen LogP contribution in [-0.2, 0) is 4.74 Å². The molecule has 0 spiro atoms. The van der Waals surface area contributed by atoms with Gasteiger partial charge in [-0.05, 0) is 0 Å². The van der Waals surface area contributed by atoms with Crippen molar-refractivity contribution in [1.29, 1.82) is 0 Å². The molecule has 0 bridgehead atoms. The Morgan fingerprint density at radius 2 is 2.25 bits per heavy atom. The van der Waals surface area contributed by atoms with Gasteiger partial charge in [-0.15, -0.1) is 0 Å². The van der Waals surface area contributed by atoms with E-state index in [0.29, 0.717) is 4.57 Å². The first kappa shape index (κ1) is 14.3. The summed E-state index contributed by atoms with van der Waals surface area (Å²) in [7, 11) is 0. The minimum Gasteiger partial charge on any atom is -0.394 e. The number of imidazole rings is 1. The van der Waals surface area contributed by atoms with Gasteiger partial charge in [-0.1, -0.05) is 0 Å². The predicted molar refractivity (Wildman–Crippen MR) is 60.7 cm³/mol. The molecule has 20 heavy (non-hydrogen) atoms. The van der Waals surface area contributed by atoms with Gasteiger partial charge in [0.15, 0.2) is 11.2 Å². The lowest BCUT2D eigenvalue weighted by Gasteiger charge is -2.21. The molecule has 0 aliphatic heterocycles. The zero-order valence-electron chi connectivity index (χ0n) is 9.89. The molecule has 0 saturated carbocycles. The maximum Gasteiger partial charge on any atom is 0.434 e. The Labute approximate surface area is 109 Å². The number of aromatic nitrogens is 4. The van der Waals surface area contributed by atoms with Crippen molar-refractivity contribution in [2.24, 2.45) is 0 Å². The van der Waals surface area contributed by atoms with Crippen LogP contribution in [0, 0.1) is 0 Å². The van der Waals surface area contributed by atoms with E-state index in [1.165, 1.54) is 0 Å². The summed E-state index contributed by atoms with van der Waals surface area (Å²) >= 11 is 0. The molecular weight excluding hydrogens is 283 g/mol. The number of ether oxygens (including phenoxy) is 1. The van der Waals surface area contributed by atoms with Gasteiger partial charge in [0.2, 0.25) is 12.2 Å². The molecule has 2 aromatic heterocycles.